The van der Waals surface area contributed by atoms with Crippen LogP contribution in [0.5, 0.6) is 0 Å². The molecule has 1 spiro atoms. The molecule has 2 heterocycles. The van der Waals surface area contributed by atoms with E-state index in [0.717, 1.165) is 0 Å². The number of halogens is 2. The van der Waals surface area contributed by atoms with Crippen LogP contribution in [0.15, 0.2) is 24.3 Å². The number of alkyl halides is 2. The Labute approximate surface area is 135 Å². The highest BCUT2D eigenvalue weighted by molar-refractivity contribution is 6.20. The summed E-state index contributed by atoms with van der Waals surface area (Å²) >= 11 is 0. The minimum Gasteiger partial charge on any atom is -0.367 e. The lowest BCUT2D eigenvalue weighted by molar-refractivity contribution is -0.188. The molecule has 1 aliphatic carbocycles. The van der Waals surface area contributed by atoms with Gasteiger partial charge in [0.05, 0.1) is 17.5 Å². The van der Waals surface area contributed by atoms with Gasteiger partial charge in [0.2, 0.25) is 0 Å². The zero-order valence-electron chi connectivity index (χ0n) is 12.7. The molecule has 0 radical (unpaired) electrons. The molecule has 4 rings (SSSR count). The molecule has 1 aromatic rings. The number of imide groups is 1. The Hall–Kier alpha value is -2.35. The lowest BCUT2D eigenvalue weighted by Gasteiger charge is -2.28. The van der Waals surface area contributed by atoms with Gasteiger partial charge in [-0.1, -0.05) is 17.2 Å². The zero-order valence-corrected chi connectivity index (χ0v) is 12.7. The van der Waals surface area contributed by atoms with E-state index in [4.69, 9.17) is 9.57 Å². The van der Waals surface area contributed by atoms with E-state index in [2.05, 4.69) is 0 Å². The van der Waals surface area contributed by atoms with Gasteiger partial charge in [-0.05, 0) is 25.5 Å². The molecule has 126 valence electrons. The first-order chi connectivity index (χ1) is 11.2. The predicted molar refractivity (Wildman–Crippen MR) is 74.0 cm³/mol. The monoisotopic (exact) mass is 337 g/mol. The van der Waals surface area contributed by atoms with Crippen molar-refractivity contribution in [3.8, 4) is 0 Å². The lowest BCUT2D eigenvalue weighted by atomic mass is 9.81. The first-order valence-corrected chi connectivity index (χ1v) is 7.46. The predicted octanol–water partition coefficient (Wildman–Crippen LogP) is 1.95. The van der Waals surface area contributed by atoms with Crippen molar-refractivity contribution in [2.45, 2.75) is 31.3 Å². The highest BCUT2D eigenvalue weighted by atomic mass is 19.3. The van der Waals surface area contributed by atoms with Crippen LogP contribution in [-0.2, 0) is 14.4 Å². The van der Waals surface area contributed by atoms with Crippen molar-refractivity contribution >= 4 is 17.8 Å². The van der Waals surface area contributed by atoms with E-state index < -0.39 is 41.1 Å². The summed E-state index contributed by atoms with van der Waals surface area (Å²) in [6, 6.07) is 6.00. The van der Waals surface area contributed by atoms with E-state index in [1.165, 1.54) is 19.1 Å². The quantitative estimate of drug-likeness (QED) is 0.771. The largest absolute Gasteiger partial charge is 0.367 e. The van der Waals surface area contributed by atoms with Crippen LogP contribution in [0.1, 0.15) is 40.5 Å². The minimum atomic E-state index is -3.13. The molecule has 2 atom stereocenters. The van der Waals surface area contributed by atoms with Gasteiger partial charge < -0.3 is 9.57 Å². The van der Waals surface area contributed by atoms with E-state index in [0.29, 0.717) is 5.06 Å². The fourth-order valence-corrected chi connectivity index (χ4v) is 3.52. The Kier molecular flexibility index (Phi) is 2.77. The number of carbonyl (C=O) groups is 3. The third kappa shape index (κ3) is 1.64. The van der Waals surface area contributed by atoms with E-state index in [-0.39, 0.29) is 24.2 Å². The maximum Gasteiger partial charge on any atom is 0.342 e. The number of amides is 2. The number of carbonyl (C=O) groups excluding carboxylic acids is 3. The molecule has 1 aromatic carbocycles. The van der Waals surface area contributed by atoms with Gasteiger partial charge in [-0.2, -0.15) is 0 Å². The molecule has 6 nitrogen and oxygen atoms in total. The summed E-state index contributed by atoms with van der Waals surface area (Å²) in [5.74, 6) is -5.77. The molecular formula is C16H13F2NO5. The maximum atomic E-state index is 13.7. The van der Waals surface area contributed by atoms with Crippen LogP contribution in [0.4, 0.5) is 8.78 Å². The van der Waals surface area contributed by atoms with Crippen LogP contribution < -0.4 is 0 Å². The molecule has 2 fully saturated rings. The molecular weight excluding hydrogens is 324 g/mol. The average molecular weight is 337 g/mol. The molecule has 0 bridgehead atoms. The highest BCUT2D eigenvalue weighted by Gasteiger charge is 2.84. The second kappa shape index (κ2) is 4.38. The molecule has 24 heavy (non-hydrogen) atoms. The van der Waals surface area contributed by atoms with Gasteiger partial charge in [0, 0.05) is 6.61 Å². The fraction of sp³-hybridized carbons (Fsp3) is 0.438. The van der Waals surface area contributed by atoms with Crippen LogP contribution in [0.25, 0.3) is 0 Å². The van der Waals surface area contributed by atoms with E-state index in [1.54, 1.807) is 12.1 Å². The Bertz CT molecular complexity index is 755. The van der Waals surface area contributed by atoms with Gasteiger partial charge in [-0.3, -0.25) is 9.59 Å². The van der Waals surface area contributed by atoms with Crippen molar-refractivity contribution in [1.29, 1.82) is 0 Å². The number of hydrogen-bond donors (Lipinski definition) is 0. The number of benzene rings is 1. The topological polar surface area (TPSA) is 72.9 Å². The summed E-state index contributed by atoms with van der Waals surface area (Å²) in [6.07, 6.45) is -0.543. The van der Waals surface area contributed by atoms with Crippen LogP contribution in [0.3, 0.4) is 0 Å². The standard InChI is InChI=1S/C16H13F2NO5/c1-14(6-7-23-15(14)8-16(15,17)18)13(22)24-19-11(20)9-4-2-3-5-10(9)12(19)21/h2-5H,6-8H2,1H3. The van der Waals surface area contributed by atoms with E-state index >= 15 is 0 Å². The SMILES string of the molecule is CC1(C(=O)ON2C(=O)c3ccccc3C2=O)CCOC12CC2(F)F. The van der Waals surface area contributed by atoms with Gasteiger partial charge in [0.15, 0.2) is 5.60 Å². The third-order valence-electron chi connectivity index (χ3n) is 5.16. The molecule has 8 heteroatoms. The number of ether oxygens (including phenoxy) is 1. The van der Waals surface area contributed by atoms with Crippen molar-refractivity contribution in [2.24, 2.45) is 5.41 Å². The summed E-state index contributed by atoms with van der Waals surface area (Å²) in [7, 11) is 0. The fourth-order valence-electron chi connectivity index (χ4n) is 3.52. The first kappa shape index (κ1) is 15.2. The molecule has 2 unspecified atom stereocenters. The second-order valence-corrected chi connectivity index (χ2v) is 6.47. The van der Waals surface area contributed by atoms with Gasteiger partial charge in [-0.15, -0.1) is 0 Å². The highest BCUT2D eigenvalue weighted by Crippen LogP contribution is 2.68. The molecule has 2 aliphatic heterocycles. The van der Waals surface area contributed by atoms with Gasteiger partial charge in [0.25, 0.3) is 17.7 Å². The Morgan fingerprint density at radius 2 is 1.75 bits per heavy atom. The number of fused-ring (bicyclic) bond motifs is 1. The minimum absolute atomic E-state index is 0.0106. The Morgan fingerprint density at radius 1 is 1.21 bits per heavy atom. The van der Waals surface area contributed by atoms with Crippen LogP contribution in [0.2, 0.25) is 0 Å². The zero-order chi connectivity index (χ0) is 17.3. The summed E-state index contributed by atoms with van der Waals surface area (Å²) in [4.78, 5) is 41.9. The van der Waals surface area contributed by atoms with E-state index in [9.17, 15) is 23.2 Å². The van der Waals surface area contributed by atoms with Crippen molar-refractivity contribution in [3.63, 3.8) is 0 Å². The van der Waals surface area contributed by atoms with Crippen molar-refractivity contribution in [1.82, 2.24) is 5.06 Å². The average Bonchev–Trinajstić information content (AvgIpc) is 2.82. The number of nitrogens with zero attached hydrogens (tertiary/aromatic N) is 1. The van der Waals surface area contributed by atoms with E-state index in [1.807, 2.05) is 0 Å². The number of hydroxylamine groups is 2. The van der Waals surface area contributed by atoms with Crippen LogP contribution in [0, 0.1) is 5.41 Å². The second-order valence-electron chi connectivity index (χ2n) is 6.47. The Balaban J connectivity index is 1.60. The molecule has 2 amide bonds. The van der Waals surface area contributed by atoms with Crippen molar-refractivity contribution in [2.75, 3.05) is 6.61 Å². The molecule has 0 N–H and O–H groups in total. The normalized spacial score (nSPS) is 33.0. The summed E-state index contributed by atoms with van der Waals surface area (Å²) in [5.41, 5.74) is -3.31. The Morgan fingerprint density at radius 3 is 2.25 bits per heavy atom. The molecule has 0 aromatic heterocycles. The van der Waals surface area contributed by atoms with Crippen LogP contribution in [-0.4, -0.2) is 41.0 Å². The van der Waals surface area contributed by atoms with Gasteiger partial charge in [-0.25, -0.2) is 13.6 Å². The third-order valence-corrected chi connectivity index (χ3v) is 5.16. The van der Waals surface area contributed by atoms with Gasteiger partial charge in [0.1, 0.15) is 5.41 Å². The molecule has 1 saturated heterocycles. The molecule has 1 saturated carbocycles. The summed E-state index contributed by atoms with van der Waals surface area (Å²) in [5, 5.41) is 0.338. The summed E-state index contributed by atoms with van der Waals surface area (Å²) in [6.45, 7) is 1.31. The smallest absolute Gasteiger partial charge is 0.342 e. The van der Waals surface area contributed by atoms with Crippen molar-refractivity contribution in [3.05, 3.63) is 35.4 Å². The number of rotatable bonds is 2. The first-order valence-electron chi connectivity index (χ1n) is 7.46. The molecule has 3 aliphatic rings. The van der Waals surface area contributed by atoms with Gasteiger partial charge >= 0.3 is 5.97 Å². The number of hydrogen-bond acceptors (Lipinski definition) is 5. The van der Waals surface area contributed by atoms with Crippen molar-refractivity contribution < 1.29 is 32.7 Å². The maximum absolute atomic E-state index is 13.7. The lowest BCUT2D eigenvalue weighted by Crippen LogP contribution is -2.46. The van der Waals surface area contributed by atoms with Crippen LogP contribution >= 0.6 is 0 Å². The summed E-state index contributed by atoms with van der Waals surface area (Å²) < 4.78 is 32.6.